The predicted octanol–water partition coefficient (Wildman–Crippen LogP) is 0.944. The molecule has 3 atom stereocenters. The van der Waals surface area contributed by atoms with Crippen molar-refractivity contribution in [3.05, 3.63) is 18.2 Å². The Morgan fingerprint density at radius 3 is 2.47 bits per heavy atom. The van der Waals surface area contributed by atoms with Crippen molar-refractivity contribution in [1.82, 2.24) is 15.3 Å². The summed E-state index contributed by atoms with van der Waals surface area (Å²) < 4.78 is 0. The first-order valence-corrected chi connectivity index (χ1v) is 5.46. The van der Waals surface area contributed by atoms with E-state index in [0.29, 0.717) is 5.82 Å². The van der Waals surface area contributed by atoms with Crippen LogP contribution in [0.2, 0.25) is 0 Å². The summed E-state index contributed by atoms with van der Waals surface area (Å²) in [4.78, 5) is 29.5. The maximum atomic E-state index is 11.8. The minimum Gasteiger partial charge on any atom is -0.481 e. The highest BCUT2D eigenvalue weighted by Gasteiger charge is 2.26. The van der Waals surface area contributed by atoms with E-state index in [1.54, 1.807) is 26.2 Å². The van der Waals surface area contributed by atoms with Gasteiger partial charge in [0.2, 0.25) is 5.91 Å². The molecular weight excluding hydrogens is 222 g/mol. The summed E-state index contributed by atoms with van der Waals surface area (Å²) in [7, 11) is 0. The number of carbonyl (C=O) groups excluding carboxylic acids is 1. The molecule has 0 bridgehead atoms. The molecule has 0 aromatic carbocycles. The zero-order valence-electron chi connectivity index (χ0n) is 10.1. The molecular formula is C11H17N3O3. The zero-order valence-corrected chi connectivity index (χ0v) is 10.1. The molecule has 0 saturated heterocycles. The third-order valence-electron chi connectivity index (χ3n) is 2.84. The number of aromatic nitrogens is 2. The highest BCUT2D eigenvalue weighted by molar-refractivity contribution is 5.84. The quantitative estimate of drug-likeness (QED) is 0.712. The Kier molecular flexibility index (Phi) is 4.25. The summed E-state index contributed by atoms with van der Waals surface area (Å²) in [6.45, 7) is 4.90. The van der Waals surface area contributed by atoms with Gasteiger partial charge in [0.05, 0.1) is 12.0 Å². The Balaban J connectivity index is 2.57. The molecule has 6 nitrogen and oxygen atoms in total. The Labute approximate surface area is 99.4 Å². The van der Waals surface area contributed by atoms with Crippen LogP contribution in [0.15, 0.2) is 12.4 Å². The Morgan fingerprint density at radius 2 is 2.00 bits per heavy atom. The Morgan fingerprint density at radius 1 is 1.35 bits per heavy atom. The van der Waals surface area contributed by atoms with Gasteiger partial charge in [-0.3, -0.25) is 9.59 Å². The van der Waals surface area contributed by atoms with Crippen molar-refractivity contribution < 1.29 is 14.7 Å². The van der Waals surface area contributed by atoms with Gasteiger partial charge in [-0.15, -0.1) is 0 Å². The van der Waals surface area contributed by atoms with Crippen molar-refractivity contribution in [3.8, 4) is 0 Å². The molecule has 3 unspecified atom stereocenters. The number of nitrogens with one attached hydrogen (secondary N) is 2. The Bertz CT molecular complexity index is 389. The zero-order chi connectivity index (χ0) is 13.0. The van der Waals surface area contributed by atoms with Gasteiger partial charge in [0, 0.05) is 18.3 Å². The van der Waals surface area contributed by atoms with Crippen LogP contribution in [0.25, 0.3) is 0 Å². The molecule has 0 aliphatic rings. The number of amides is 1. The van der Waals surface area contributed by atoms with Gasteiger partial charge in [0.1, 0.15) is 5.82 Å². The lowest BCUT2D eigenvalue weighted by Crippen LogP contribution is -2.36. The fraction of sp³-hybridized carbons (Fsp3) is 0.545. The molecule has 17 heavy (non-hydrogen) atoms. The lowest BCUT2D eigenvalue weighted by molar-refractivity contribution is -0.146. The smallest absolute Gasteiger partial charge is 0.307 e. The average molecular weight is 239 g/mol. The summed E-state index contributed by atoms with van der Waals surface area (Å²) in [6, 6.07) is -0.263. The maximum absolute atomic E-state index is 11.8. The molecule has 1 heterocycles. The second kappa shape index (κ2) is 5.47. The maximum Gasteiger partial charge on any atom is 0.307 e. The van der Waals surface area contributed by atoms with Gasteiger partial charge in [0.25, 0.3) is 0 Å². The average Bonchev–Trinajstić information content (AvgIpc) is 2.80. The number of nitrogens with zero attached hydrogens (tertiary/aromatic N) is 1. The standard InChI is InChI=1S/C11H17N3O3/c1-6(7(2)11(16)17)10(15)14-8(3)9-12-4-5-13-9/h4-8H,1-3H3,(H,12,13)(H,14,15)(H,16,17). The number of carboxylic acid groups (broad SMARTS) is 1. The highest BCUT2D eigenvalue weighted by Crippen LogP contribution is 2.13. The van der Waals surface area contributed by atoms with Crippen molar-refractivity contribution >= 4 is 11.9 Å². The van der Waals surface area contributed by atoms with Gasteiger partial charge in [-0.05, 0) is 6.92 Å². The van der Waals surface area contributed by atoms with Gasteiger partial charge < -0.3 is 15.4 Å². The van der Waals surface area contributed by atoms with Crippen LogP contribution in [0.5, 0.6) is 0 Å². The van der Waals surface area contributed by atoms with Crippen LogP contribution >= 0.6 is 0 Å². The largest absolute Gasteiger partial charge is 0.481 e. The highest BCUT2D eigenvalue weighted by atomic mass is 16.4. The minimum atomic E-state index is -0.974. The van der Waals surface area contributed by atoms with E-state index in [1.165, 1.54) is 6.92 Å². The van der Waals surface area contributed by atoms with Crippen molar-refractivity contribution in [2.24, 2.45) is 11.8 Å². The van der Waals surface area contributed by atoms with Gasteiger partial charge in [-0.2, -0.15) is 0 Å². The third kappa shape index (κ3) is 3.30. The molecule has 1 aromatic rings. The number of carbonyl (C=O) groups is 2. The molecule has 0 aliphatic heterocycles. The molecule has 0 spiro atoms. The van der Waals surface area contributed by atoms with E-state index in [4.69, 9.17) is 5.11 Å². The fourth-order valence-electron chi connectivity index (χ4n) is 1.37. The number of hydrogen-bond acceptors (Lipinski definition) is 3. The number of aromatic amines is 1. The van der Waals surface area contributed by atoms with E-state index in [2.05, 4.69) is 15.3 Å². The van der Waals surface area contributed by atoms with E-state index in [9.17, 15) is 9.59 Å². The van der Waals surface area contributed by atoms with E-state index >= 15 is 0 Å². The van der Waals surface area contributed by atoms with Crippen LogP contribution < -0.4 is 5.32 Å². The number of rotatable bonds is 5. The lowest BCUT2D eigenvalue weighted by Gasteiger charge is -2.18. The first-order chi connectivity index (χ1) is 7.93. The number of H-pyrrole nitrogens is 1. The van der Waals surface area contributed by atoms with Crippen LogP contribution in [0, 0.1) is 11.8 Å². The van der Waals surface area contributed by atoms with Crippen molar-refractivity contribution in [1.29, 1.82) is 0 Å². The van der Waals surface area contributed by atoms with E-state index in [-0.39, 0.29) is 11.9 Å². The van der Waals surface area contributed by atoms with Gasteiger partial charge in [-0.1, -0.05) is 13.8 Å². The summed E-state index contributed by atoms with van der Waals surface area (Å²) in [5.41, 5.74) is 0. The topological polar surface area (TPSA) is 95.1 Å². The van der Waals surface area contributed by atoms with Crippen molar-refractivity contribution in [2.45, 2.75) is 26.8 Å². The monoisotopic (exact) mass is 239 g/mol. The summed E-state index contributed by atoms with van der Waals surface area (Å²) in [6.07, 6.45) is 3.27. The molecule has 1 rings (SSSR count). The molecule has 1 aromatic heterocycles. The second-order valence-electron chi connectivity index (χ2n) is 4.12. The van der Waals surface area contributed by atoms with Crippen LogP contribution in [-0.2, 0) is 9.59 Å². The van der Waals surface area contributed by atoms with Crippen LogP contribution in [-0.4, -0.2) is 27.0 Å². The van der Waals surface area contributed by atoms with E-state index < -0.39 is 17.8 Å². The molecule has 1 amide bonds. The summed E-state index contributed by atoms with van der Waals surface area (Å²) in [5.74, 6) is -1.90. The molecule has 0 aliphatic carbocycles. The summed E-state index contributed by atoms with van der Waals surface area (Å²) in [5, 5.41) is 11.5. The first-order valence-electron chi connectivity index (χ1n) is 5.46. The first kappa shape index (κ1) is 13.2. The molecule has 94 valence electrons. The molecule has 0 saturated carbocycles. The molecule has 0 radical (unpaired) electrons. The van der Waals surface area contributed by atoms with E-state index in [1.807, 2.05) is 0 Å². The van der Waals surface area contributed by atoms with Gasteiger partial charge >= 0.3 is 5.97 Å². The SMILES string of the molecule is CC(NC(=O)C(C)C(C)C(=O)O)c1ncc[nH]1. The minimum absolute atomic E-state index is 0.263. The van der Waals surface area contributed by atoms with E-state index in [0.717, 1.165) is 0 Å². The normalized spacial score (nSPS) is 15.9. The van der Waals surface area contributed by atoms with Crippen LogP contribution in [0.3, 0.4) is 0 Å². The summed E-state index contributed by atoms with van der Waals surface area (Å²) >= 11 is 0. The predicted molar refractivity (Wildman–Crippen MR) is 61.1 cm³/mol. The number of carboxylic acids is 1. The number of hydrogen-bond donors (Lipinski definition) is 3. The van der Waals surface area contributed by atoms with Gasteiger partial charge in [0.15, 0.2) is 0 Å². The lowest BCUT2D eigenvalue weighted by atomic mass is 9.95. The number of imidazole rings is 1. The van der Waals surface area contributed by atoms with Crippen LogP contribution in [0.4, 0.5) is 0 Å². The van der Waals surface area contributed by atoms with Gasteiger partial charge in [-0.25, -0.2) is 4.98 Å². The third-order valence-corrected chi connectivity index (χ3v) is 2.84. The fourth-order valence-corrected chi connectivity index (χ4v) is 1.37. The number of aliphatic carboxylic acids is 1. The molecule has 3 N–H and O–H groups in total. The Hall–Kier alpha value is -1.85. The van der Waals surface area contributed by atoms with Crippen molar-refractivity contribution in [3.63, 3.8) is 0 Å². The van der Waals surface area contributed by atoms with Crippen LogP contribution in [0.1, 0.15) is 32.6 Å². The molecule has 6 heteroatoms. The second-order valence-corrected chi connectivity index (χ2v) is 4.12. The molecule has 0 fully saturated rings. The van der Waals surface area contributed by atoms with Crippen molar-refractivity contribution in [2.75, 3.05) is 0 Å².